The Bertz CT molecular complexity index is 1070. The Balaban J connectivity index is 0.000000436. The van der Waals surface area contributed by atoms with E-state index in [2.05, 4.69) is 37.7 Å². The minimum atomic E-state index is -1.26. The molecule has 0 saturated carbocycles. The maximum absolute atomic E-state index is 13.0. The number of carbonyl (C=O) groups excluding carboxylic acids is 1. The zero-order valence-corrected chi connectivity index (χ0v) is 22.7. The van der Waals surface area contributed by atoms with Crippen LogP contribution in [0.4, 0.5) is 5.95 Å². The van der Waals surface area contributed by atoms with Gasteiger partial charge in [0.15, 0.2) is 0 Å². The van der Waals surface area contributed by atoms with Crippen molar-refractivity contribution in [1.82, 2.24) is 19.8 Å². The minimum absolute atomic E-state index is 0.262. The number of aryl methyl sites for hydroxylation is 2. The maximum Gasteiger partial charge on any atom is 0.328 e. The fourth-order valence-electron chi connectivity index (χ4n) is 4.54. The quantitative estimate of drug-likeness (QED) is 0.343. The summed E-state index contributed by atoms with van der Waals surface area (Å²) in [5.41, 5.74) is 0.986. The highest BCUT2D eigenvalue weighted by Gasteiger charge is 2.24. The molecular formula is C27H37N5O5S. The molecule has 2 N–H and O–H groups in total. The van der Waals surface area contributed by atoms with E-state index in [1.54, 1.807) is 0 Å². The van der Waals surface area contributed by atoms with E-state index in [0.717, 1.165) is 95.9 Å². The molecule has 1 saturated heterocycles. The number of anilines is 1. The van der Waals surface area contributed by atoms with Gasteiger partial charge in [-0.05, 0) is 50.8 Å². The van der Waals surface area contributed by atoms with Crippen LogP contribution in [0.1, 0.15) is 52.7 Å². The maximum atomic E-state index is 13.0. The SMILES string of the molecule is CCCc1cc2c(s1)CCCN(CCCCN1CCN(c3ncccn3)CC1)C2=O.O=C(O)/C=C/C(=O)O. The molecule has 2 aromatic heterocycles. The molecule has 0 aliphatic carbocycles. The van der Waals surface area contributed by atoms with Gasteiger partial charge in [0.25, 0.3) is 5.91 Å². The number of aromatic nitrogens is 2. The summed E-state index contributed by atoms with van der Waals surface area (Å²) in [7, 11) is 0. The first-order valence-corrected chi connectivity index (χ1v) is 14.0. The van der Waals surface area contributed by atoms with Gasteiger partial charge in [0.05, 0.1) is 5.56 Å². The third-order valence-electron chi connectivity index (χ3n) is 6.43. The first-order chi connectivity index (χ1) is 18.4. The van der Waals surface area contributed by atoms with Gasteiger partial charge in [0.2, 0.25) is 5.95 Å². The molecule has 1 amide bonds. The van der Waals surface area contributed by atoms with Crippen molar-refractivity contribution in [1.29, 1.82) is 0 Å². The average Bonchev–Trinajstić information content (AvgIpc) is 3.26. The van der Waals surface area contributed by atoms with Crippen LogP contribution >= 0.6 is 11.3 Å². The van der Waals surface area contributed by atoms with Gasteiger partial charge in [-0.15, -0.1) is 11.3 Å². The van der Waals surface area contributed by atoms with E-state index >= 15 is 0 Å². The monoisotopic (exact) mass is 543 g/mol. The first-order valence-electron chi connectivity index (χ1n) is 13.2. The summed E-state index contributed by atoms with van der Waals surface area (Å²) in [6, 6.07) is 4.03. The average molecular weight is 544 g/mol. The molecule has 2 aromatic rings. The molecule has 2 aliphatic heterocycles. The van der Waals surface area contributed by atoms with E-state index in [0.29, 0.717) is 12.2 Å². The third-order valence-corrected chi connectivity index (χ3v) is 7.69. The van der Waals surface area contributed by atoms with Crippen molar-refractivity contribution >= 4 is 35.1 Å². The van der Waals surface area contributed by atoms with E-state index in [-0.39, 0.29) is 5.91 Å². The van der Waals surface area contributed by atoms with E-state index in [4.69, 9.17) is 10.2 Å². The smallest absolute Gasteiger partial charge is 0.328 e. The number of rotatable bonds is 10. The molecule has 1 fully saturated rings. The molecular weight excluding hydrogens is 506 g/mol. The fourth-order valence-corrected chi connectivity index (χ4v) is 5.84. The molecule has 206 valence electrons. The summed E-state index contributed by atoms with van der Waals surface area (Å²) >= 11 is 1.86. The number of piperazine rings is 1. The number of nitrogens with zero attached hydrogens (tertiary/aromatic N) is 5. The number of aliphatic carboxylic acids is 2. The molecule has 10 nitrogen and oxygen atoms in total. The van der Waals surface area contributed by atoms with Crippen LogP contribution in [0.5, 0.6) is 0 Å². The van der Waals surface area contributed by atoms with Crippen LogP contribution in [-0.4, -0.2) is 93.6 Å². The molecule has 0 unspecified atom stereocenters. The number of carbonyl (C=O) groups is 3. The number of hydrogen-bond acceptors (Lipinski definition) is 8. The first kappa shape index (κ1) is 29.2. The van der Waals surface area contributed by atoms with Crippen molar-refractivity contribution < 1.29 is 24.6 Å². The number of carboxylic acid groups (broad SMARTS) is 2. The van der Waals surface area contributed by atoms with Gasteiger partial charge < -0.3 is 20.0 Å². The number of amides is 1. The summed E-state index contributed by atoms with van der Waals surface area (Å²) in [6.07, 6.45) is 11.3. The van der Waals surface area contributed by atoms with E-state index in [9.17, 15) is 14.4 Å². The number of fused-ring (bicyclic) bond motifs is 1. The van der Waals surface area contributed by atoms with Crippen molar-refractivity contribution in [3.63, 3.8) is 0 Å². The molecule has 38 heavy (non-hydrogen) atoms. The lowest BCUT2D eigenvalue weighted by molar-refractivity contribution is -0.134. The van der Waals surface area contributed by atoms with Crippen molar-refractivity contribution in [2.24, 2.45) is 0 Å². The van der Waals surface area contributed by atoms with Crippen LogP contribution in [0.15, 0.2) is 36.7 Å². The van der Waals surface area contributed by atoms with Crippen LogP contribution in [0.3, 0.4) is 0 Å². The summed E-state index contributed by atoms with van der Waals surface area (Å²) in [5.74, 6) is -1.41. The molecule has 0 bridgehead atoms. The highest BCUT2D eigenvalue weighted by molar-refractivity contribution is 7.12. The second kappa shape index (κ2) is 15.2. The summed E-state index contributed by atoms with van der Waals surface area (Å²) in [4.78, 5) is 50.4. The van der Waals surface area contributed by atoms with Gasteiger partial charge in [0, 0.05) is 73.6 Å². The van der Waals surface area contributed by atoms with Gasteiger partial charge in [-0.1, -0.05) is 13.3 Å². The van der Waals surface area contributed by atoms with E-state index in [1.807, 2.05) is 29.8 Å². The second-order valence-electron chi connectivity index (χ2n) is 9.29. The van der Waals surface area contributed by atoms with Crippen molar-refractivity contribution in [3.05, 3.63) is 52.0 Å². The third kappa shape index (κ3) is 9.21. The minimum Gasteiger partial charge on any atom is -0.478 e. The Morgan fingerprint density at radius 2 is 1.66 bits per heavy atom. The lowest BCUT2D eigenvalue weighted by Gasteiger charge is -2.34. The highest BCUT2D eigenvalue weighted by Crippen LogP contribution is 2.29. The summed E-state index contributed by atoms with van der Waals surface area (Å²) in [5, 5.41) is 15.6. The van der Waals surface area contributed by atoms with E-state index in [1.165, 1.54) is 9.75 Å². The zero-order chi connectivity index (χ0) is 27.3. The van der Waals surface area contributed by atoms with Crippen LogP contribution in [0.2, 0.25) is 0 Å². The van der Waals surface area contributed by atoms with Gasteiger partial charge >= 0.3 is 11.9 Å². The summed E-state index contributed by atoms with van der Waals surface area (Å²) < 4.78 is 0. The largest absolute Gasteiger partial charge is 0.478 e. The Hall–Kier alpha value is -3.31. The Morgan fingerprint density at radius 3 is 2.29 bits per heavy atom. The molecule has 0 radical (unpaired) electrons. The lowest BCUT2D eigenvalue weighted by atomic mass is 10.1. The molecule has 0 aromatic carbocycles. The zero-order valence-electron chi connectivity index (χ0n) is 21.9. The standard InChI is InChI=1S/C23H33N5OS.C4H4O4/c1-2-7-19-18-20-21(30-19)8-5-13-27(22(20)29)12-4-3-11-26-14-16-28(17-15-26)23-24-9-6-10-25-23;5-3(6)1-2-4(7)8/h6,9-10,18H,2-5,7-8,11-17H2,1H3;1-2H,(H,5,6)(H,7,8)/b;2-1+. The second-order valence-corrected chi connectivity index (χ2v) is 10.5. The highest BCUT2D eigenvalue weighted by atomic mass is 32.1. The number of hydrogen-bond donors (Lipinski definition) is 2. The van der Waals surface area contributed by atoms with E-state index < -0.39 is 11.9 Å². The van der Waals surface area contributed by atoms with Crippen molar-refractivity contribution in [3.8, 4) is 0 Å². The normalized spacial score (nSPS) is 16.1. The van der Waals surface area contributed by atoms with Crippen molar-refractivity contribution in [2.75, 3.05) is 50.7 Å². The summed E-state index contributed by atoms with van der Waals surface area (Å²) in [6.45, 7) is 9.17. The van der Waals surface area contributed by atoms with Gasteiger partial charge in [-0.25, -0.2) is 19.6 Å². The Labute approximate surface area is 227 Å². The van der Waals surface area contributed by atoms with Gasteiger partial charge in [-0.2, -0.15) is 0 Å². The molecule has 2 aliphatic rings. The Kier molecular flexibility index (Phi) is 11.7. The van der Waals surface area contributed by atoms with Crippen LogP contribution in [0, 0.1) is 0 Å². The number of thiophene rings is 1. The molecule has 11 heteroatoms. The predicted molar refractivity (Wildman–Crippen MR) is 147 cm³/mol. The lowest BCUT2D eigenvalue weighted by Crippen LogP contribution is -2.47. The number of carboxylic acids is 2. The van der Waals surface area contributed by atoms with Crippen LogP contribution in [-0.2, 0) is 22.4 Å². The molecule has 0 atom stereocenters. The van der Waals surface area contributed by atoms with Gasteiger partial charge in [-0.3, -0.25) is 9.69 Å². The molecule has 0 spiro atoms. The predicted octanol–water partition coefficient (Wildman–Crippen LogP) is 3.19. The van der Waals surface area contributed by atoms with Crippen LogP contribution < -0.4 is 4.90 Å². The fraction of sp³-hybridized carbons (Fsp3) is 0.519. The van der Waals surface area contributed by atoms with Crippen LogP contribution in [0.25, 0.3) is 0 Å². The Morgan fingerprint density at radius 1 is 1.00 bits per heavy atom. The molecule has 4 heterocycles. The topological polar surface area (TPSA) is 127 Å². The van der Waals surface area contributed by atoms with Gasteiger partial charge in [0.1, 0.15) is 0 Å². The van der Waals surface area contributed by atoms with Crippen molar-refractivity contribution in [2.45, 2.75) is 45.4 Å². The molecule has 4 rings (SSSR count). The number of unbranched alkanes of at least 4 members (excludes halogenated alkanes) is 1.